The Labute approximate surface area is 167 Å². The summed E-state index contributed by atoms with van der Waals surface area (Å²) in [4.78, 5) is 19.7. The Morgan fingerprint density at radius 1 is 1.24 bits per heavy atom. The molecule has 1 aromatic heterocycles. The lowest BCUT2D eigenvalue weighted by atomic mass is 10.2. The molecule has 3 N–H and O–H groups in total. The summed E-state index contributed by atoms with van der Waals surface area (Å²) in [6, 6.07) is 11.0. The van der Waals surface area contributed by atoms with Crippen molar-refractivity contribution in [2.75, 3.05) is 19.0 Å². The second-order valence-corrected chi connectivity index (χ2v) is 6.08. The highest BCUT2D eigenvalue weighted by molar-refractivity contribution is 5.93. The monoisotopic (exact) mass is 392 g/mol. The van der Waals surface area contributed by atoms with Crippen molar-refractivity contribution in [1.29, 1.82) is 0 Å². The molecule has 3 rings (SSSR count). The maximum atomic E-state index is 11.1. The van der Waals surface area contributed by atoms with Gasteiger partial charge in [-0.15, -0.1) is 6.42 Å². The number of hydrogen-bond acceptors (Lipinski definition) is 7. The SMILES string of the molecule is C#Cc1cccc(Nc2ncnc3cc(OC)c(OCCCC(=O)NO)cc23)c1. The summed E-state index contributed by atoms with van der Waals surface area (Å²) >= 11 is 0. The zero-order valence-corrected chi connectivity index (χ0v) is 15.8. The largest absolute Gasteiger partial charge is 0.493 e. The molecule has 0 saturated carbocycles. The number of methoxy groups -OCH3 is 1. The number of ether oxygens (including phenoxy) is 2. The van der Waals surface area contributed by atoms with Crippen LogP contribution in [0.3, 0.4) is 0 Å². The minimum absolute atomic E-state index is 0.147. The van der Waals surface area contributed by atoms with Crippen molar-refractivity contribution in [2.45, 2.75) is 12.8 Å². The number of fused-ring (bicyclic) bond motifs is 1. The van der Waals surface area contributed by atoms with E-state index in [0.29, 0.717) is 29.3 Å². The number of benzene rings is 2. The minimum atomic E-state index is -0.465. The summed E-state index contributed by atoms with van der Waals surface area (Å²) in [5.41, 5.74) is 3.83. The Bertz CT molecular complexity index is 1060. The number of nitrogens with zero attached hydrogens (tertiary/aromatic N) is 2. The van der Waals surface area contributed by atoms with Crippen LogP contribution in [-0.4, -0.2) is 34.8 Å². The molecule has 0 fully saturated rings. The third kappa shape index (κ3) is 4.91. The molecule has 0 saturated heterocycles. The first-order chi connectivity index (χ1) is 14.1. The van der Waals surface area contributed by atoms with E-state index in [4.69, 9.17) is 21.1 Å². The molecule has 148 valence electrons. The molecule has 0 bridgehead atoms. The number of carbonyl (C=O) groups is 1. The van der Waals surface area contributed by atoms with E-state index in [2.05, 4.69) is 21.2 Å². The van der Waals surface area contributed by atoms with Crippen molar-refractivity contribution in [2.24, 2.45) is 0 Å². The van der Waals surface area contributed by atoms with Gasteiger partial charge < -0.3 is 14.8 Å². The standard InChI is InChI=1S/C21H20N4O4/c1-3-14-6-4-7-15(10-14)24-21-16-11-19(29-9-5-8-20(26)25-27)18(28-2)12-17(16)22-13-23-21/h1,4,6-7,10-13,27H,5,8-9H2,2H3,(H,25,26)(H,22,23,24). The molecular formula is C21H20N4O4. The van der Waals surface area contributed by atoms with Crippen LogP contribution in [0.15, 0.2) is 42.7 Å². The van der Waals surface area contributed by atoms with Crippen molar-refractivity contribution in [3.63, 3.8) is 0 Å². The third-order valence-corrected chi connectivity index (χ3v) is 4.14. The van der Waals surface area contributed by atoms with Gasteiger partial charge in [-0.25, -0.2) is 15.4 Å². The van der Waals surface area contributed by atoms with Crippen molar-refractivity contribution in [3.05, 3.63) is 48.3 Å². The number of carbonyl (C=O) groups excluding carboxylic acids is 1. The second kappa shape index (κ2) is 9.39. The molecular weight excluding hydrogens is 372 g/mol. The van der Waals surface area contributed by atoms with E-state index in [-0.39, 0.29) is 13.0 Å². The van der Waals surface area contributed by atoms with Crippen LogP contribution in [0.1, 0.15) is 18.4 Å². The highest BCUT2D eigenvalue weighted by atomic mass is 16.5. The van der Waals surface area contributed by atoms with Gasteiger partial charge in [0.05, 0.1) is 19.2 Å². The highest BCUT2D eigenvalue weighted by Gasteiger charge is 2.12. The van der Waals surface area contributed by atoms with E-state index < -0.39 is 5.91 Å². The summed E-state index contributed by atoms with van der Waals surface area (Å²) in [5.74, 6) is 3.75. The van der Waals surface area contributed by atoms with Gasteiger partial charge in [0.15, 0.2) is 11.5 Å². The van der Waals surface area contributed by atoms with Crippen LogP contribution in [0.2, 0.25) is 0 Å². The van der Waals surface area contributed by atoms with Crippen molar-refractivity contribution < 1.29 is 19.5 Å². The molecule has 8 nitrogen and oxygen atoms in total. The fourth-order valence-corrected chi connectivity index (χ4v) is 2.73. The molecule has 1 heterocycles. The summed E-state index contributed by atoms with van der Waals surface area (Å²) in [7, 11) is 1.54. The van der Waals surface area contributed by atoms with Crippen molar-refractivity contribution in [1.82, 2.24) is 15.4 Å². The lowest BCUT2D eigenvalue weighted by Gasteiger charge is -2.14. The first-order valence-corrected chi connectivity index (χ1v) is 8.86. The molecule has 0 unspecified atom stereocenters. The molecule has 3 aromatic rings. The van der Waals surface area contributed by atoms with Gasteiger partial charge in [0.25, 0.3) is 0 Å². The van der Waals surface area contributed by atoms with Gasteiger partial charge >= 0.3 is 0 Å². The van der Waals surface area contributed by atoms with Crippen molar-refractivity contribution in [3.8, 4) is 23.8 Å². The van der Waals surface area contributed by atoms with Crippen LogP contribution in [0.5, 0.6) is 11.5 Å². The summed E-state index contributed by atoms with van der Waals surface area (Å²) in [6.07, 6.45) is 7.51. The van der Waals surface area contributed by atoms with Gasteiger partial charge in [0.2, 0.25) is 5.91 Å². The maximum absolute atomic E-state index is 11.1. The zero-order valence-electron chi connectivity index (χ0n) is 15.8. The molecule has 0 aliphatic rings. The molecule has 29 heavy (non-hydrogen) atoms. The first-order valence-electron chi connectivity index (χ1n) is 8.86. The Kier molecular flexibility index (Phi) is 6.45. The van der Waals surface area contributed by atoms with Gasteiger partial charge in [-0.2, -0.15) is 0 Å². The molecule has 0 radical (unpaired) electrons. The quantitative estimate of drug-likeness (QED) is 0.234. The van der Waals surface area contributed by atoms with Crippen LogP contribution in [-0.2, 0) is 4.79 Å². The van der Waals surface area contributed by atoms with Gasteiger partial charge in [-0.3, -0.25) is 10.0 Å². The predicted octanol–water partition coefficient (Wildman–Crippen LogP) is 3.03. The number of rotatable bonds is 8. The van der Waals surface area contributed by atoms with Gasteiger partial charge in [-0.05, 0) is 30.7 Å². The molecule has 0 aliphatic heterocycles. The van der Waals surface area contributed by atoms with Crippen LogP contribution < -0.4 is 20.3 Å². The molecule has 0 atom stereocenters. The number of aromatic nitrogens is 2. The van der Waals surface area contributed by atoms with E-state index in [0.717, 1.165) is 16.6 Å². The van der Waals surface area contributed by atoms with Crippen LogP contribution >= 0.6 is 0 Å². The average molecular weight is 392 g/mol. The lowest BCUT2D eigenvalue weighted by molar-refractivity contribution is -0.129. The van der Waals surface area contributed by atoms with E-state index in [1.54, 1.807) is 24.7 Å². The normalized spacial score (nSPS) is 10.2. The Hall–Kier alpha value is -3.83. The Morgan fingerprint density at radius 2 is 2.10 bits per heavy atom. The average Bonchev–Trinajstić information content (AvgIpc) is 2.76. The Balaban J connectivity index is 1.87. The molecule has 8 heteroatoms. The summed E-state index contributed by atoms with van der Waals surface area (Å²) in [6.45, 7) is 0.274. The fraction of sp³-hybridized carbons (Fsp3) is 0.190. The van der Waals surface area contributed by atoms with Gasteiger partial charge in [0.1, 0.15) is 12.1 Å². The zero-order chi connectivity index (χ0) is 20.6. The number of nitrogens with one attached hydrogen (secondary N) is 2. The van der Waals surface area contributed by atoms with E-state index in [1.807, 2.05) is 24.3 Å². The number of terminal acetylenes is 1. The van der Waals surface area contributed by atoms with Crippen LogP contribution in [0, 0.1) is 12.3 Å². The van der Waals surface area contributed by atoms with E-state index in [1.165, 1.54) is 6.33 Å². The van der Waals surface area contributed by atoms with Crippen LogP contribution in [0.25, 0.3) is 10.9 Å². The number of amides is 1. The molecule has 0 spiro atoms. The minimum Gasteiger partial charge on any atom is -0.493 e. The molecule has 0 aliphatic carbocycles. The van der Waals surface area contributed by atoms with Gasteiger partial charge in [-0.1, -0.05) is 12.0 Å². The van der Waals surface area contributed by atoms with E-state index in [9.17, 15) is 4.79 Å². The van der Waals surface area contributed by atoms with Crippen molar-refractivity contribution >= 4 is 28.3 Å². The number of anilines is 2. The first kappa shape index (κ1) is 19.9. The summed E-state index contributed by atoms with van der Waals surface area (Å²) < 4.78 is 11.2. The lowest BCUT2D eigenvalue weighted by Crippen LogP contribution is -2.18. The second-order valence-electron chi connectivity index (χ2n) is 6.08. The molecule has 1 amide bonds. The predicted molar refractivity (Wildman–Crippen MR) is 108 cm³/mol. The molecule has 2 aromatic carbocycles. The number of hydrogen-bond donors (Lipinski definition) is 3. The van der Waals surface area contributed by atoms with E-state index >= 15 is 0 Å². The summed E-state index contributed by atoms with van der Waals surface area (Å²) in [5, 5.41) is 12.5. The number of hydroxylamine groups is 1. The van der Waals surface area contributed by atoms with Crippen LogP contribution in [0.4, 0.5) is 11.5 Å². The maximum Gasteiger partial charge on any atom is 0.243 e. The third-order valence-electron chi connectivity index (χ3n) is 4.14. The fourth-order valence-electron chi connectivity index (χ4n) is 2.73. The topological polar surface area (TPSA) is 106 Å². The smallest absolute Gasteiger partial charge is 0.243 e. The Morgan fingerprint density at radius 3 is 2.86 bits per heavy atom. The highest BCUT2D eigenvalue weighted by Crippen LogP contribution is 2.34. The van der Waals surface area contributed by atoms with Gasteiger partial charge in [0, 0.05) is 29.1 Å².